The van der Waals surface area contributed by atoms with Crippen LogP contribution in [0.3, 0.4) is 0 Å². The highest BCUT2D eigenvalue weighted by Crippen LogP contribution is 2.14. The minimum absolute atomic E-state index is 0.0611. The average Bonchev–Trinajstić information content (AvgIpc) is 2.32. The lowest BCUT2D eigenvalue weighted by Gasteiger charge is -2.20. The van der Waals surface area contributed by atoms with Crippen LogP contribution in [0.5, 0.6) is 0 Å². The van der Waals surface area contributed by atoms with Gasteiger partial charge in [-0.1, -0.05) is 0 Å². The van der Waals surface area contributed by atoms with Crippen LogP contribution in [0.4, 0.5) is 0 Å². The normalized spacial score (nSPS) is 30.6. The fourth-order valence-electron chi connectivity index (χ4n) is 1.56. The molecule has 0 radical (unpaired) electrons. The van der Waals surface area contributed by atoms with Gasteiger partial charge in [-0.15, -0.1) is 0 Å². The van der Waals surface area contributed by atoms with E-state index in [0.29, 0.717) is 6.61 Å². The first-order valence-electron chi connectivity index (χ1n) is 4.29. The van der Waals surface area contributed by atoms with E-state index in [2.05, 4.69) is 0 Å². The summed E-state index contributed by atoms with van der Waals surface area (Å²) in [7, 11) is 1.90. The first-order valence-corrected chi connectivity index (χ1v) is 4.29. The van der Waals surface area contributed by atoms with Gasteiger partial charge in [-0.25, -0.2) is 0 Å². The van der Waals surface area contributed by atoms with Gasteiger partial charge in [-0.2, -0.15) is 0 Å². The standard InChI is InChI=1S/C8H16N2O2/c1-3-12-8(11)7-6(9)4-5-10(7)2/h6-7H,3-5,9H2,1-2H3/t6-,7+/m0/s1. The van der Waals surface area contributed by atoms with Gasteiger partial charge in [0.05, 0.1) is 6.61 Å². The van der Waals surface area contributed by atoms with Gasteiger partial charge >= 0.3 is 5.97 Å². The van der Waals surface area contributed by atoms with Crippen LogP contribution in [0.15, 0.2) is 0 Å². The highest BCUT2D eigenvalue weighted by Gasteiger charge is 2.35. The Labute approximate surface area is 72.7 Å². The molecule has 1 fully saturated rings. The number of ether oxygens (including phenoxy) is 1. The number of hydrogen-bond donors (Lipinski definition) is 1. The van der Waals surface area contributed by atoms with E-state index in [9.17, 15) is 4.79 Å². The fourth-order valence-corrected chi connectivity index (χ4v) is 1.56. The molecule has 0 aliphatic carbocycles. The van der Waals surface area contributed by atoms with Crippen molar-refractivity contribution in [2.45, 2.75) is 25.4 Å². The minimum atomic E-state index is -0.232. The van der Waals surface area contributed by atoms with Crippen LogP contribution < -0.4 is 5.73 Å². The van der Waals surface area contributed by atoms with E-state index >= 15 is 0 Å². The summed E-state index contributed by atoms with van der Waals surface area (Å²) in [5.74, 6) is -0.190. The van der Waals surface area contributed by atoms with Crippen molar-refractivity contribution in [3.63, 3.8) is 0 Å². The first kappa shape index (κ1) is 9.48. The summed E-state index contributed by atoms with van der Waals surface area (Å²) < 4.78 is 4.91. The van der Waals surface area contributed by atoms with E-state index in [1.54, 1.807) is 6.92 Å². The molecule has 1 heterocycles. The van der Waals surface area contributed by atoms with Crippen LogP contribution in [0.2, 0.25) is 0 Å². The molecule has 4 heteroatoms. The second-order valence-corrected chi connectivity index (χ2v) is 3.13. The van der Waals surface area contributed by atoms with Crippen molar-refractivity contribution in [2.75, 3.05) is 20.2 Å². The SMILES string of the molecule is CCOC(=O)[C@H]1[C@@H](N)CCN1C. The molecule has 1 aliphatic heterocycles. The molecule has 0 amide bonds. The predicted octanol–water partition coefficient (Wildman–Crippen LogP) is -0.419. The Bertz CT molecular complexity index is 162. The summed E-state index contributed by atoms with van der Waals surface area (Å²) in [4.78, 5) is 13.3. The topological polar surface area (TPSA) is 55.6 Å². The Morgan fingerprint density at radius 2 is 2.42 bits per heavy atom. The molecule has 0 spiro atoms. The molecular formula is C8H16N2O2. The smallest absolute Gasteiger partial charge is 0.324 e. The molecular weight excluding hydrogens is 156 g/mol. The van der Waals surface area contributed by atoms with E-state index in [0.717, 1.165) is 13.0 Å². The van der Waals surface area contributed by atoms with E-state index in [-0.39, 0.29) is 18.1 Å². The highest BCUT2D eigenvalue weighted by atomic mass is 16.5. The van der Waals surface area contributed by atoms with Gasteiger partial charge in [-0.05, 0) is 20.4 Å². The maximum atomic E-state index is 11.3. The van der Waals surface area contributed by atoms with Crippen molar-refractivity contribution >= 4 is 5.97 Å². The van der Waals surface area contributed by atoms with E-state index in [1.165, 1.54) is 0 Å². The first-order chi connectivity index (χ1) is 5.66. The van der Waals surface area contributed by atoms with Gasteiger partial charge in [-0.3, -0.25) is 9.69 Å². The van der Waals surface area contributed by atoms with Crippen molar-refractivity contribution in [2.24, 2.45) is 5.73 Å². The van der Waals surface area contributed by atoms with Crippen molar-refractivity contribution in [3.8, 4) is 0 Å². The summed E-state index contributed by atoms with van der Waals surface area (Å²) in [6.45, 7) is 3.11. The lowest BCUT2D eigenvalue weighted by molar-refractivity contribution is -0.148. The van der Waals surface area contributed by atoms with Crippen molar-refractivity contribution < 1.29 is 9.53 Å². The van der Waals surface area contributed by atoms with Gasteiger partial charge in [0, 0.05) is 12.6 Å². The fraction of sp³-hybridized carbons (Fsp3) is 0.875. The number of nitrogens with zero attached hydrogens (tertiary/aromatic N) is 1. The second kappa shape index (κ2) is 3.87. The number of likely N-dealkylation sites (N-methyl/N-ethyl adjacent to an activating group) is 1. The Morgan fingerprint density at radius 3 is 2.83 bits per heavy atom. The van der Waals surface area contributed by atoms with Gasteiger partial charge in [0.25, 0.3) is 0 Å². The third-order valence-electron chi connectivity index (χ3n) is 2.22. The van der Waals surface area contributed by atoms with Gasteiger partial charge in [0.1, 0.15) is 6.04 Å². The summed E-state index contributed by atoms with van der Waals surface area (Å²) >= 11 is 0. The maximum Gasteiger partial charge on any atom is 0.324 e. The van der Waals surface area contributed by atoms with Crippen LogP contribution in [0.1, 0.15) is 13.3 Å². The molecule has 1 aliphatic rings. The number of nitrogens with two attached hydrogens (primary N) is 1. The molecule has 4 nitrogen and oxygen atoms in total. The number of likely N-dealkylation sites (tertiary alicyclic amines) is 1. The minimum Gasteiger partial charge on any atom is -0.465 e. The average molecular weight is 172 g/mol. The Hall–Kier alpha value is -0.610. The van der Waals surface area contributed by atoms with Crippen LogP contribution >= 0.6 is 0 Å². The summed E-state index contributed by atoms with van der Waals surface area (Å²) in [6, 6.07) is -0.293. The molecule has 0 aromatic carbocycles. The van der Waals surface area contributed by atoms with Crippen LogP contribution in [-0.2, 0) is 9.53 Å². The van der Waals surface area contributed by atoms with Crippen molar-refractivity contribution in [1.82, 2.24) is 4.90 Å². The number of carbonyl (C=O) groups is 1. The number of hydrogen-bond acceptors (Lipinski definition) is 4. The summed E-state index contributed by atoms with van der Waals surface area (Å²) in [5.41, 5.74) is 5.76. The molecule has 2 N–H and O–H groups in total. The van der Waals surface area contributed by atoms with Gasteiger partial charge in [0.2, 0.25) is 0 Å². The zero-order valence-corrected chi connectivity index (χ0v) is 7.62. The lowest BCUT2D eigenvalue weighted by atomic mass is 10.1. The molecule has 70 valence electrons. The highest BCUT2D eigenvalue weighted by molar-refractivity contribution is 5.77. The number of carbonyl (C=O) groups excluding carboxylic acids is 1. The molecule has 0 aromatic rings. The zero-order valence-electron chi connectivity index (χ0n) is 7.62. The molecule has 2 atom stereocenters. The van der Waals surface area contributed by atoms with Crippen LogP contribution in [-0.4, -0.2) is 43.2 Å². The third kappa shape index (κ3) is 1.76. The largest absolute Gasteiger partial charge is 0.465 e. The Morgan fingerprint density at radius 1 is 1.75 bits per heavy atom. The van der Waals surface area contributed by atoms with E-state index in [1.807, 2.05) is 11.9 Å². The van der Waals surface area contributed by atoms with Crippen LogP contribution in [0, 0.1) is 0 Å². The third-order valence-corrected chi connectivity index (χ3v) is 2.22. The van der Waals surface area contributed by atoms with E-state index < -0.39 is 0 Å². The summed E-state index contributed by atoms with van der Waals surface area (Å²) in [5, 5.41) is 0. The van der Waals surface area contributed by atoms with Gasteiger partial charge < -0.3 is 10.5 Å². The lowest BCUT2D eigenvalue weighted by Crippen LogP contribution is -2.44. The molecule has 0 bridgehead atoms. The van der Waals surface area contributed by atoms with E-state index in [4.69, 9.17) is 10.5 Å². The summed E-state index contributed by atoms with van der Waals surface area (Å²) in [6.07, 6.45) is 0.875. The second-order valence-electron chi connectivity index (χ2n) is 3.13. The molecule has 0 aromatic heterocycles. The molecule has 0 saturated carbocycles. The predicted molar refractivity (Wildman–Crippen MR) is 45.6 cm³/mol. The molecule has 0 unspecified atom stereocenters. The monoisotopic (exact) mass is 172 g/mol. The Kier molecular flexibility index (Phi) is 3.05. The zero-order chi connectivity index (χ0) is 9.14. The Balaban J connectivity index is 2.53. The van der Waals surface area contributed by atoms with Crippen LogP contribution in [0.25, 0.3) is 0 Å². The van der Waals surface area contributed by atoms with Crippen molar-refractivity contribution in [3.05, 3.63) is 0 Å². The maximum absolute atomic E-state index is 11.3. The number of rotatable bonds is 2. The molecule has 1 saturated heterocycles. The number of esters is 1. The molecule has 1 rings (SSSR count). The van der Waals surface area contributed by atoms with Gasteiger partial charge in [0.15, 0.2) is 0 Å². The van der Waals surface area contributed by atoms with Crippen molar-refractivity contribution in [1.29, 1.82) is 0 Å². The quantitative estimate of drug-likeness (QED) is 0.575. The molecule has 12 heavy (non-hydrogen) atoms.